The van der Waals surface area contributed by atoms with E-state index in [1.807, 2.05) is 41.3 Å². The molecule has 0 aliphatic rings. The van der Waals surface area contributed by atoms with Gasteiger partial charge in [-0.25, -0.2) is 9.97 Å². The first kappa shape index (κ1) is 15.6. The molecule has 4 aromatic rings. The van der Waals surface area contributed by atoms with Crippen molar-refractivity contribution in [2.45, 2.75) is 33.1 Å². The highest BCUT2D eigenvalue weighted by atomic mass is 15.3. The van der Waals surface area contributed by atoms with Gasteiger partial charge in [-0.05, 0) is 12.0 Å². The first-order valence-electron chi connectivity index (χ1n) is 8.77. The summed E-state index contributed by atoms with van der Waals surface area (Å²) in [5, 5.41) is 4.63. The zero-order valence-electron chi connectivity index (χ0n) is 14.6. The zero-order valence-corrected chi connectivity index (χ0v) is 14.6. The van der Waals surface area contributed by atoms with Gasteiger partial charge in [0.2, 0.25) is 0 Å². The molecule has 0 aliphatic carbocycles. The molecule has 0 N–H and O–H groups in total. The number of benzene rings is 1. The van der Waals surface area contributed by atoms with E-state index in [0.29, 0.717) is 0 Å². The topological polar surface area (TPSA) is 48.0 Å². The Labute approximate surface area is 147 Å². The Kier molecular flexibility index (Phi) is 4.06. The molecule has 0 saturated carbocycles. The average molecular weight is 331 g/mol. The van der Waals surface area contributed by atoms with Crippen molar-refractivity contribution >= 4 is 5.65 Å². The third kappa shape index (κ3) is 2.71. The van der Waals surface area contributed by atoms with Crippen LogP contribution in [-0.4, -0.2) is 24.1 Å². The molecule has 25 heavy (non-hydrogen) atoms. The van der Waals surface area contributed by atoms with E-state index < -0.39 is 0 Å². The standard InChI is InChI=1S/C20H21N5/c1-3-8-16-13-19(24-12-11-21-18(24)4-2)25-20(23-16)17(14-22-25)15-9-6-5-7-10-15/h5-7,9-14H,3-4,8H2,1-2H3. The van der Waals surface area contributed by atoms with Crippen LogP contribution in [0.3, 0.4) is 0 Å². The normalized spacial score (nSPS) is 11.3. The van der Waals surface area contributed by atoms with E-state index in [9.17, 15) is 0 Å². The van der Waals surface area contributed by atoms with Crippen LogP contribution in [0, 0.1) is 0 Å². The number of hydrogen-bond acceptors (Lipinski definition) is 3. The lowest BCUT2D eigenvalue weighted by Gasteiger charge is -2.11. The summed E-state index contributed by atoms with van der Waals surface area (Å²) in [6.07, 6.45) is 8.60. The second kappa shape index (κ2) is 6.51. The molecule has 3 aromatic heterocycles. The van der Waals surface area contributed by atoms with E-state index in [-0.39, 0.29) is 0 Å². The van der Waals surface area contributed by atoms with Crippen LogP contribution in [-0.2, 0) is 12.8 Å². The molecule has 0 fully saturated rings. The fourth-order valence-corrected chi connectivity index (χ4v) is 3.18. The van der Waals surface area contributed by atoms with E-state index in [1.54, 1.807) is 0 Å². The zero-order chi connectivity index (χ0) is 17.2. The third-order valence-electron chi connectivity index (χ3n) is 4.38. The SMILES string of the molecule is CCCc1cc(-n2ccnc2CC)n2ncc(-c3ccccc3)c2n1. The molecule has 0 spiro atoms. The Balaban J connectivity index is 1.98. The Bertz CT molecular complexity index is 998. The number of aromatic nitrogens is 5. The van der Waals surface area contributed by atoms with E-state index in [0.717, 1.165) is 53.4 Å². The summed E-state index contributed by atoms with van der Waals surface area (Å²) in [6, 6.07) is 12.4. The van der Waals surface area contributed by atoms with Crippen LogP contribution in [0.25, 0.3) is 22.6 Å². The minimum absolute atomic E-state index is 0.868. The fourth-order valence-electron chi connectivity index (χ4n) is 3.18. The number of imidazole rings is 1. The van der Waals surface area contributed by atoms with E-state index in [4.69, 9.17) is 4.98 Å². The van der Waals surface area contributed by atoms with Crippen molar-refractivity contribution in [2.75, 3.05) is 0 Å². The number of nitrogens with zero attached hydrogens (tertiary/aromatic N) is 5. The van der Waals surface area contributed by atoms with Crippen LogP contribution in [0.2, 0.25) is 0 Å². The molecule has 0 aliphatic heterocycles. The van der Waals surface area contributed by atoms with Crippen molar-refractivity contribution in [3.8, 4) is 16.9 Å². The van der Waals surface area contributed by atoms with E-state index in [2.05, 4.69) is 46.7 Å². The number of aryl methyl sites for hydroxylation is 2. The number of hydrogen-bond donors (Lipinski definition) is 0. The predicted molar refractivity (Wildman–Crippen MR) is 98.9 cm³/mol. The summed E-state index contributed by atoms with van der Waals surface area (Å²) in [5.41, 5.74) is 4.16. The second-order valence-corrected chi connectivity index (χ2v) is 6.08. The summed E-state index contributed by atoms with van der Waals surface area (Å²) >= 11 is 0. The average Bonchev–Trinajstić information content (AvgIpc) is 3.29. The van der Waals surface area contributed by atoms with Gasteiger partial charge in [0.25, 0.3) is 0 Å². The minimum Gasteiger partial charge on any atom is -0.288 e. The highest BCUT2D eigenvalue weighted by molar-refractivity contribution is 5.77. The molecule has 126 valence electrons. The van der Waals surface area contributed by atoms with Crippen LogP contribution in [0.1, 0.15) is 31.8 Å². The van der Waals surface area contributed by atoms with Gasteiger partial charge in [-0.3, -0.25) is 4.57 Å². The van der Waals surface area contributed by atoms with Crippen LogP contribution in [0.15, 0.2) is 55.0 Å². The minimum atomic E-state index is 0.868. The highest BCUT2D eigenvalue weighted by Crippen LogP contribution is 2.26. The van der Waals surface area contributed by atoms with Gasteiger partial charge in [-0.1, -0.05) is 50.6 Å². The van der Waals surface area contributed by atoms with Gasteiger partial charge in [0.1, 0.15) is 11.6 Å². The van der Waals surface area contributed by atoms with Crippen molar-refractivity contribution < 1.29 is 0 Å². The molecule has 5 heteroatoms. The summed E-state index contributed by atoms with van der Waals surface area (Å²) in [4.78, 5) is 9.35. The molecule has 4 rings (SSSR count). The van der Waals surface area contributed by atoms with E-state index in [1.165, 1.54) is 0 Å². The van der Waals surface area contributed by atoms with Crippen molar-refractivity contribution in [2.24, 2.45) is 0 Å². The molecule has 1 aromatic carbocycles. The summed E-state index contributed by atoms with van der Waals surface area (Å²) in [5.74, 6) is 2.01. The Morgan fingerprint density at radius 1 is 1.08 bits per heavy atom. The second-order valence-electron chi connectivity index (χ2n) is 6.08. The Morgan fingerprint density at radius 2 is 1.92 bits per heavy atom. The maximum Gasteiger partial charge on any atom is 0.165 e. The molecule has 5 nitrogen and oxygen atoms in total. The molecular formula is C20H21N5. The lowest BCUT2D eigenvalue weighted by atomic mass is 10.1. The molecule has 0 saturated heterocycles. The van der Waals surface area contributed by atoms with Crippen molar-refractivity contribution in [3.05, 3.63) is 66.5 Å². The lowest BCUT2D eigenvalue weighted by molar-refractivity contribution is 0.789. The maximum absolute atomic E-state index is 4.89. The Morgan fingerprint density at radius 3 is 2.68 bits per heavy atom. The first-order chi connectivity index (χ1) is 12.3. The van der Waals surface area contributed by atoms with Gasteiger partial charge in [-0.15, -0.1) is 0 Å². The van der Waals surface area contributed by atoms with Crippen molar-refractivity contribution in [1.82, 2.24) is 24.1 Å². The van der Waals surface area contributed by atoms with Crippen molar-refractivity contribution in [1.29, 1.82) is 0 Å². The summed E-state index contributed by atoms with van der Waals surface area (Å²) < 4.78 is 4.03. The fraction of sp³-hybridized carbons (Fsp3) is 0.250. The van der Waals surface area contributed by atoms with Crippen molar-refractivity contribution in [3.63, 3.8) is 0 Å². The summed E-state index contributed by atoms with van der Waals surface area (Å²) in [7, 11) is 0. The highest BCUT2D eigenvalue weighted by Gasteiger charge is 2.15. The molecule has 0 amide bonds. The molecule has 0 bridgehead atoms. The van der Waals surface area contributed by atoms with E-state index >= 15 is 0 Å². The molecule has 0 radical (unpaired) electrons. The van der Waals surface area contributed by atoms with Gasteiger partial charge in [0.15, 0.2) is 5.65 Å². The van der Waals surface area contributed by atoms with Gasteiger partial charge < -0.3 is 0 Å². The van der Waals surface area contributed by atoms with Gasteiger partial charge in [0, 0.05) is 36.1 Å². The van der Waals surface area contributed by atoms with Crippen LogP contribution in [0.5, 0.6) is 0 Å². The van der Waals surface area contributed by atoms with Crippen LogP contribution in [0.4, 0.5) is 0 Å². The Hall–Kier alpha value is -2.95. The molecule has 3 heterocycles. The first-order valence-corrected chi connectivity index (χ1v) is 8.77. The number of fused-ring (bicyclic) bond motifs is 1. The van der Waals surface area contributed by atoms with Gasteiger partial charge >= 0.3 is 0 Å². The maximum atomic E-state index is 4.89. The van der Waals surface area contributed by atoms with Gasteiger partial charge in [-0.2, -0.15) is 9.61 Å². The molecule has 0 unspecified atom stereocenters. The van der Waals surface area contributed by atoms with Gasteiger partial charge in [0.05, 0.1) is 6.20 Å². The molecular weight excluding hydrogens is 310 g/mol. The third-order valence-corrected chi connectivity index (χ3v) is 4.38. The molecule has 0 atom stereocenters. The smallest absolute Gasteiger partial charge is 0.165 e. The monoisotopic (exact) mass is 331 g/mol. The largest absolute Gasteiger partial charge is 0.288 e. The number of rotatable bonds is 5. The quantitative estimate of drug-likeness (QED) is 0.553. The predicted octanol–water partition coefficient (Wildman–Crippen LogP) is 4.10. The van der Waals surface area contributed by atoms with Crippen LogP contribution < -0.4 is 0 Å². The summed E-state index contributed by atoms with van der Waals surface area (Å²) in [6.45, 7) is 4.29. The lowest BCUT2D eigenvalue weighted by Crippen LogP contribution is -2.09. The van der Waals surface area contributed by atoms with Crippen LogP contribution >= 0.6 is 0 Å².